The molecule has 1 fully saturated rings. The molecule has 314 valence electrons. The van der Waals surface area contributed by atoms with Crippen molar-refractivity contribution < 1.29 is 66.7 Å². The van der Waals surface area contributed by atoms with Crippen LogP contribution in [0.15, 0.2) is 36.4 Å². The summed E-state index contributed by atoms with van der Waals surface area (Å²) >= 11 is 0. The highest BCUT2D eigenvalue weighted by atomic mass is 16.7. The van der Waals surface area contributed by atoms with E-state index in [2.05, 4.69) is 0 Å². The Balaban J connectivity index is 2.02. The molecule has 0 N–H and O–H groups in total. The zero-order valence-corrected chi connectivity index (χ0v) is 34.9. The van der Waals surface area contributed by atoms with E-state index in [1.807, 2.05) is 6.07 Å². The molecule has 0 saturated carbocycles. The molecule has 2 aromatic carbocycles. The largest absolute Gasteiger partial charge is 0.514 e. The number of ketones is 1. The third kappa shape index (κ3) is 14.3. The number of esters is 3. The number of methoxy groups -OCH3 is 2. The van der Waals surface area contributed by atoms with Crippen LogP contribution in [0.3, 0.4) is 0 Å². The zero-order chi connectivity index (χ0) is 42.7. The molecule has 3 rings (SSSR count). The lowest BCUT2D eigenvalue weighted by molar-refractivity contribution is -0.165. The molecule has 1 aliphatic heterocycles. The Bertz CT molecular complexity index is 1770. The fourth-order valence-electron chi connectivity index (χ4n) is 5.82. The summed E-state index contributed by atoms with van der Waals surface area (Å²) < 4.78 is 44.2. The number of hydrogen-bond donors (Lipinski definition) is 0. The standard InChI is InChI=1S/C42H57NO14/c1-26(44)53-25-42(8,9)36(46)37(47)43-21-13-12-14-29(43)38(48)54-30(18-15-27-16-19-31(50-10)33(22-27)51-11)28-17-20-32(55-39(49)57-41(5,6)7)34(23-28)52-24-35(45)56-40(2,3)4/h16-17,19-20,22-23,29-30H,12-15,18,21,24-25H2,1-11H3/t29-,30+/m0/s1. The van der Waals surface area contributed by atoms with E-state index in [1.54, 1.807) is 59.7 Å². The topological polar surface area (TPSA) is 179 Å². The van der Waals surface area contributed by atoms with Crippen LogP contribution in [0, 0.1) is 5.41 Å². The fourth-order valence-corrected chi connectivity index (χ4v) is 5.82. The van der Waals surface area contributed by atoms with Gasteiger partial charge in [-0.25, -0.2) is 14.4 Å². The second-order valence-corrected chi connectivity index (χ2v) is 16.3. The van der Waals surface area contributed by atoms with Gasteiger partial charge in [0.15, 0.2) is 29.6 Å². The first kappa shape index (κ1) is 46.0. The summed E-state index contributed by atoms with van der Waals surface area (Å²) in [5.74, 6) is -2.77. The van der Waals surface area contributed by atoms with Gasteiger partial charge < -0.3 is 42.8 Å². The molecule has 15 nitrogen and oxygen atoms in total. The van der Waals surface area contributed by atoms with Gasteiger partial charge in [0.05, 0.1) is 19.6 Å². The number of carbonyl (C=O) groups is 6. The molecule has 1 amide bonds. The molecule has 0 aliphatic carbocycles. The van der Waals surface area contributed by atoms with Crippen molar-refractivity contribution in [3.63, 3.8) is 0 Å². The van der Waals surface area contributed by atoms with Crippen LogP contribution in [-0.2, 0) is 49.3 Å². The van der Waals surface area contributed by atoms with Crippen LogP contribution < -0.4 is 18.9 Å². The maximum Gasteiger partial charge on any atom is 0.514 e. The van der Waals surface area contributed by atoms with Gasteiger partial charge in [0, 0.05) is 13.5 Å². The summed E-state index contributed by atoms with van der Waals surface area (Å²) in [5, 5.41) is 0. The number of nitrogens with zero attached hydrogens (tertiary/aromatic N) is 1. The highest BCUT2D eigenvalue weighted by Gasteiger charge is 2.42. The first-order valence-corrected chi connectivity index (χ1v) is 18.8. The SMILES string of the molecule is COc1ccc(CC[C@@H](OC(=O)[C@@H]2CCCCN2C(=O)C(=O)C(C)(C)COC(C)=O)c2ccc(OC(=O)OC(C)(C)C)c(OCC(=O)OC(C)(C)C)c2)cc1OC. The quantitative estimate of drug-likeness (QED) is 0.0778. The normalized spacial score (nSPS) is 15.1. The summed E-state index contributed by atoms with van der Waals surface area (Å²) in [6.45, 7) is 13.7. The molecule has 0 spiro atoms. The van der Waals surface area contributed by atoms with E-state index in [-0.39, 0.29) is 37.5 Å². The number of rotatable bonds is 16. The van der Waals surface area contributed by atoms with Crippen LogP contribution in [0.25, 0.3) is 0 Å². The van der Waals surface area contributed by atoms with Gasteiger partial charge in [-0.05, 0) is 123 Å². The summed E-state index contributed by atoms with van der Waals surface area (Å²) in [5.41, 5.74) is -1.76. The number of amides is 1. The number of hydrogen-bond acceptors (Lipinski definition) is 14. The maximum absolute atomic E-state index is 14.1. The lowest BCUT2D eigenvalue weighted by Gasteiger charge is -2.36. The Hall–Kier alpha value is -5.34. The number of aryl methyl sites for hydroxylation is 1. The third-order valence-corrected chi connectivity index (χ3v) is 8.57. The molecule has 2 atom stereocenters. The van der Waals surface area contributed by atoms with Crippen LogP contribution >= 0.6 is 0 Å². The second-order valence-electron chi connectivity index (χ2n) is 16.3. The van der Waals surface area contributed by atoms with Crippen molar-refractivity contribution in [1.82, 2.24) is 4.90 Å². The molecule has 0 radical (unpaired) electrons. The van der Waals surface area contributed by atoms with Crippen LogP contribution in [-0.4, -0.2) is 91.9 Å². The Morgan fingerprint density at radius 2 is 1.44 bits per heavy atom. The molecule has 1 saturated heterocycles. The van der Waals surface area contributed by atoms with Crippen molar-refractivity contribution in [1.29, 1.82) is 0 Å². The molecule has 0 unspecified atom stereocenters. The zero-order valence-electron chi connectivity index (χ0n) is 34.9. The maximum atomic E-state index is 14.1. The lowest BCUT2D eigenvalue weighted by Crippen LogP contribution is -2.53. The molecule has 1 aliphatic rings. The van der Waals surface area contributed by atoms with Crippen molar-refractivity contribution in [3.05, 3.63) is 47.5 Å². The molecule has 2 aromatic rings. The van der Waals surface area contributed by atoms with Crippen molar-refractivity contribution in [2.75, 3.05) is 34.0 Å². The fraction of sp³-hybridized carbons (Fsp3) is 0.571. The van der Waals surface area contributed by atoms with Gasteiger partial charge in [-0.15, -0.1) is 0 Å². The van der Waals surface area contributed by atoms with Gasteiger partial charge >= 0.3 is 24.1 Å². The molecule has 0 aromatic heterocycles. The molecule has 15 heteroatoms. The summed E-state index contributed by atoms with van der Waals surface area (Å²) in [7, 11) is 3.05. The number of likely N-dealkylation sites (tertiary alicyclic amines) is 1. The average Bonchev–Trinajstić information content (AvgIpc) is 3.12. The molecule has 57 heavy (non-hydrogen) atoms. The minimum atomic E-state index is -1.34. The van der Waals surface area contributed by atoms with E-state index in [0.717, 1.165) is 5.56 Å². The van der Waals surface area contributed by atoms with E-state index >= 15 is 0 Å². The van der Waals surface area contributed by atoms with Crippen molar-refractivity contribution in [2.24, 2.45) is 5.41 Å². The lowest BCUT2D eigenvalue weighted by atomic mass is 9.87. The second kappa shape index (κ2) is 19.7. The minimum Gasteiger partial charge on any atom is -0.493 e. The van der Waals surface area contributed by atoms with Gasteiger partial charge in [-0.2, -0.15) is 0 Å². The summed E-state index contributed by atoms with van der Waals surface area (Å²) in [6, 6.07) is 8.82. The Morgan fingerprint density at radius 3 is 2.05 bits per heavy atom. The van der Waals surface area contributed by atoms with Gasteiger partial charge in [-0.1, -0.05) is 12.1 Å². The minimum absolute atomic E-state index is 0.0357. The van der Waals surface area contributed by atoms with Crippen molar-refractivity contribution in [3.8, 4) is 23.0 Å². The Labute approximate surface area is 334 Å². The smallest absolute Gasteiger partial charge is 0.493 e. The number of carbonyl (C=O) groups excluding carboxylic acids is 6. The highest BCUT2D eigenvalue weighted by Crippen LogP contribution is 2.36. The first-order valence-electron chi connectivity index (χ1n) is 18.8. The van der Waals surface area contributed by atoms with Gasteiger partial charge in [0.2, 0.25) is 5.78 Å². The number of piperidine rings is 1. The van der Waals surface area contributed by atoms with Crippen molar-refractivity contribution >= 4 is 35.8 Å². The predicted molar refractivity (Wildman–Crippen MR) is 206 cm³/mol. The van der Waals surface area contributed by atoms with Gasteiger partial charge in [-0.3, -0.25) is 14.4 Å². The average molecular weight is 800 g/mol. The van der Waals surface area contributed by atoms with Crippen LogP contribution in [0.5, 0.6) is 23.0 Å². The van der Waals surface area contributed by atoms with Gasteiger partial charge in [0.25, 0.3) is 5.91 Å². The monoisotopic (exact) mass is 799 g/mol. The Kier molecular flexibility index (Phi) is 15.9. The summed E-state index contributed by atoms with van der Waals surface area (Å²) in [4.78, 5) is 79.3. The van der Waals surface area contributed by atoms with Crippen LogP contribution in [0.2, 0.25) is 0 Å². The van der Waals surface area contributed by atoms with E-state index in [9.17, 15) is 28.8 Å². The number of Topliss-reactive ketones (excluding diaryl/α,β-unsaturated/α-hetero) is 1. The van der Waals surface area contributed by atoms with E-state index in [4.69, 9.17) is 37.9 Å². The number of ether oxygens (including phenoxy) is 8. The highest BCUT2D eigenvalue weighted by molar-refractivity contribution is 6.38. The van der Waals surface area contributed by atoms with E-state index in [0.29, 0.717) is 36.3 Å². The molecular formula is C42H57NO14. The van der Waals surface area contributed by atoms with E-state index < -0.39 is 71.1 Å². The summed E-state index contributed by atoms with van der Waals surface area (Å²) in [6.07, 6.45) is 0.0171. The van der Waals surface area contributed by atoms with Crippen molar-refractivity contribution in [2.45, 2.75) is 118 Å². The predicted octanol–water partition coefficient (Wildman–Crippen LogP) is 6.49. The van der Waals surface area contributed by atoms with Crippen LogP contribution in [0.4, 0.5) is 4.79 Å². The number of benzene rings is 2. The van der Waals surface area contributed by atoms with Crippen LogP contribution in [0.1, 0.15) is 105 Å². The first-order chi connectivity index (χ1) is 26.5. The molecule has 0 bridgehead atoms. The molecule has 1 heterocycles. The Morgan fingerprint density at radius 1 is 0.789 bits per heavy atom. The molecular weight excluding hydrogens is 742 g/mol. The third-order valence-electron chi connectivity index (χ3n) is 8.57. The van der Waals surface area contributed by atoms with E-state index in [1.165, 1.54) is 52.0 Å². The van der Waals surface area contributed by atoms with Gasteiger partial charge in [0.1, 0.15) is 30.0 Å².